The zero-order valence-corrected chi connectivity index (χ0v) is 17.2. The highest BCUT2D eigenvalue weighted by molar-refractivity contribution is 6.35. The number of hydrogen-bond donors (Lipinski definition) is 1. The summed E-state index contributed by atoms with van der Waals surface area (Å²) in [7, 11) is 0. The lowest BCUT2D eigenvalue weighted by atomic mass is 10.1. The number of amides is 1. The van der Waals surface area contributed by atoms with Gasteiger partial charge in [-0.25, -0.2) is 4.98 Å². The van der Waals surface area contributed by atoms with Crippen molar-refractivity contribution in [1.82, 2.24) is 14.9 Å². The molecule has 0 unspecified atom stereocenters. The number of fused-ring (bicyclic) bond motifs is 1. The quantitative estimate of drug-likeness (QED) is 0.636. The Hall–Kier alpha value is -2.37. The average molecular weight is 418 g/mol. The van der Waals surface area contributed by atoms with Crippen LogP contribution in [0, 0.1) is 0 Å². The van der Waals surface area contributed by atoms with Crippen molar-refractivity contribution < 1.29 is 4.79 Å². The standard InChI is InChI=1S/C21H21Cl2N3O2/c1-13(2)26(20(27)10-8-14-7-9-15(22)11-17(14)23)12-19-24-18-6-4-3-5-16(18)21(28)25-19/h3-7,9,11,13H,8,10,12H2,1-2H3,(H,24,25,28). The van der Waals surface area contributed by atoms with Gasteiger partial charge in [0.1, 0.15) is 5.82 Å². The second-order valence-corrected chi connectivity index (χ2v) is 7.72. The van der Waals surface area contributed by atoms with E-state index in [4.69, 9.17) is 23.2 Å². The summed E-state index contributed by atoms with van der Waals surface area (Å²) in [4.78, 5) is 34.1. The van der Waals surface area contributed by atoms with Gasteiger partial charge < -0.3 is 9.88 Å². The number of nitrogens with zero attached hydrogens (tertiary/aromatic N) is 2. The van der Waals surface area contributed by atoms with Gasteiger partial charge in [0, 0.05) is 22.5 Å². The van der Waals surface area contributed by atoms with Gasteiger partial charge in [0.15, 0.2) is 0 Å². The van der Waals surface area contributed by atoms with E-state index < -0.39 is 0 Å². The van der Waals surface area contributed by atoms with E-state index in [-0.39, 0.29) is 24.1 Å². The van der Waals surface area contributed by atoms with Crippen LogP contribution in [0.2, 0.25) is 10.0 Å². The minimum absolute atomic E-state index is 0.0307. The second kappa shape index (κ2) is 8.76. The summed E-state index contributed by atoms with van der Waals surface area (Å²) in [6.45, 7) is 4.11. The van der Waals surface area contributed by atoms with Crippen LogP contribution in [0.3, 0.4) is 0 Å². The Bertz CT molecular complexity index is 1060. The SMILES string of the molecule is CC(C)N(Cc1nc2ccccc2c(=O)[nH]1)C(=O)CCc1ccc(Cl)cc1Cl. The molecule has 1 heterocycles. The topological polar surface area (TPSA) is 66.1 Å². The first-order valence-corrected chi connectivity index (χ1v) is 9.82. The molecule has 0 radical (unpaired) electrons. The molecular weight excluding hydrogens is 397 g/mol. The summed E-state index contributed by atoms with van der Waals surface area (Å²) in [6.07, 6.45) is 0.817. The highest BCUT2D eigenvalue weighted by Gasteiger charge is 2.19. The van der Waals surface area contributed by atoms with Gasteiger partial charge in [-0.3, -0.25) is 9.59 Å². The molecule has 2 aromatic carbocycles. The number of nitrogens with one attached hydrogen (secondary N) is 1. The number of aromatic amines is 1. The summed E-state index contributed by atoms with van der Waals surface area (Å²) in [5, 5.41) is 1.65. The molecule has 0 saturated heterocycles. The van der Waals surface area contributed by atoms with Gasteiger partial charge in [-0.1, -0.05) is 41.4 Å². The zero-order chi connectivity index (χ0) is 20.3. The molecule has 3 aromatic rings. The van der Waals surface area contributed by atoms with Gasteiger partial charge >= 0.3 is 0 Å². The first-order valence-electron chi connectivity index (χ1n) is 9.06. The largest absolute Gasteiger partial charge is 0.333 e. The third-order valence-electron chi connectivity index (χ3n) is 4.55. The van der Waals surface area contributed by atoms with Gasteiger partial charge in [0.2, 0.25) is 5.91 Å². The van der Waals surface area contributed by atoms with E-state index in [1.165, 1.54) is 0 Å². The van der Waals surface area contributed by atoms with Gasteiger partial charge in [-0.15, -0.1) is 0 Å². The van der Waals surface area contributed by atoms with Gasteiger partial charge in [0.05, 0.1) is 17.4 Å². The van der Waals surface area contributed by atoms with Crippen LogP contribution >= 0.6 is 23.2 Å². The summed E-state index contributed by atoms with van der Waals surface area (Å²) < 4.78 is 0. The number of hydrogen-bond acceptors (Lipinski definition) is 3. The molecule has 3 rings (SSSR count). The molecule has 0 aliphatic carbocycles. The van der Waals surface area contributed by atoms with Crippen LogP contribution in [0.25, 0.3) is 10.9 Å². The molecule has 1 aromatic heterocycles. The third-order valence-corrected chi connectivity index (χ3v) is 5.14. The zero-order valence-electron chi connectivity index (χ0n) is 15.7. The molecule has 1 amide bonds. The lowest BCUT2D eigenvalue weighted by Crippen LogP contribution is -2.37. The number of para-hydroxylation sites is 1. The molecule has 0 aliphatic rings. The fourth-order valence-corrected chi connectivity index (χ4v) is 3.54. The van der Waals surface area contributed by atoms with Crippen molar-refractivity contribution in [2.45, 2.75) is 39.3 Å². The summed E-state index contributed by atoms with van der Waals surface area (Å²) in [5.74, 6) is 0.437. The molecule has 28 heavy (non-hydrogen) atoms. The highest BCUT2D eigenvalue weighted by Crippen LogP contribution is 2.22. The number of aryl methyl sites for hydroxylation is 1. The highest BCUT2D eigenvalue weighted by atomic mass is 35.5. The van der Waals surface area contributed by atoms with E-state index >= 15 is 0 Å². The normalized spacial score (nSPS) is 11.2. The maximum absolute atomic E-state index is 12.8. The van der Waals surface area contributed by atoms with Crippen molar-refractivity contribution in [2.75, 3.05) is 0 Å². The van der Waals surface area contributed by atoms with Crippen LogP contribution < -0.4 is 5.56 Å². The molecule has 0 bridgehead atoms. The Morgan fingerprint density at radius 1 is 1.18 bits per heavy atom. The number of H-pyrrole nitrogens is 1. The van der Waals surface area contributed by atoms with Crippen molar-refractivity contribution >= 4 is 40.0 Å². The van der Waals surface area contributed by atoms with E-state index in [0.717, 1.165) is 5.56 Å². The Labute approximate surface area is 173 Å². The predicted octanol–water partition coefficient (Wildman–Crippen LogP) is 4.60. The Kier molecular flexibility index (Phi) is 6.37. The maximum atomic E-state index is 12.8. The number of benzene rings is 2. The van der Waals surface area contributed by atoms with Crippen molar-refractivity contribution in [1.29, 1.82) is 0 Å². The summed E-state index contributed by atoms with van der Waals surface area (Å²) in [5.41, 5.74) is 1.29. The molecule has 0 saturated carbocycles. The Morgan fingerprint density at radius 3 is 2.64 bits per heavy atom. The van der Waals surface area contributed by atoms with Crippen molar-refractivity contribution in [2.24, 2.45) is 0 Å². The molecule has 0 aliphatic heterocycles. The van der Waals surface area contributed by atoms with E-state index in [9.17, 15) is 9.59 Å². The van der Waals surface area contributed by atoms with Crippen LogP contribution in [-0.2, 0) is 17.8 Å². The van der Waals surface area contributed by atoms with E-state index in [2.05, 4.69) is 9.97 Å². The first-order chi connectivity index (χ1) is 13.3. The fraction of sp³-hybridized carbons (Fsp3) is 0.286. The lowest BCUT2D eigenvalue weighted by Gasteiger charge is -2.26. The van der Waals surface area contributed by atoms with E-state index in [0.29, 0.717) is 39.6 Å². The number of aromatic nitrogens is 2. The molecule has 146 valence electrons. The van der Waals surface area contributed by atoms with Crippen molar-refractivity contribution in [3.63, 3.8) is 0 Å². The van der Waals surface area contributed by atoms with Crippen molar-refractivity contribution in [3.05, 3.63) is 74.3 Å². The van der Waals surface area contributed by atoms with Crippen LogP contribution in [-0.4, -0.2) is 26.8 Å². The molecular formula is C21H21Cl2N3O2. The van der Waals surface area contributed by atoms with E-state index in [1.54, 1.807) is 35.2 Å². The van der Waals surface area contributed by atoms with Gasteiger partial charge in [0.25, 0.3) is 5.56 Å². The number of carbonyl (C=O) groups is 1. The number of carbonyl (C=O) groups excluding carboxylic acids is 1. The first kappa shape index (κ1) is 20.4. The predicted molar refractivity (Wildman–Crippen MR) is 113 cm³/mol. The molecule has 7 heteroatoms. The van der Waals surface area contributed by atoms with Crippen LogP contribution in [0.1, 0.15) is 31.7 Å². The lowest BCUT2D eigenvalue weighted by molar-refractivity contribution is -0.133. The summed E-state index contributed by atoms with van der Waals surface area (Å²) >= 11 is 12.1. The Balaban J connectivity index is 1.76. The third kappa shape index (κ3) is 4.72. The fourth-order valence-electron chi connectivity index (χ4n) is 3.04. The number of rotatable bonds is 6. The van der Waals surface area contributed by atoms with E-state index in [1.807, 2.05) is 26.0 Å². The minimum Gasteiger partial charge on any atom is -0.333 e. The van der Waals surface area contributed by atoms with Gasteiger partial charge in [-0.2, -0.15) is 0 Å². The van der Waals surface area contributed by atoms with Crippen molar-refractivity contribution in [3.8, 4) is 0 Å². The Morgan fingerprint density at radius 2 is 1.93 bits per heavy atom. The smallest absolute Gasteiger partial charge is 0.258 e. The van der Waals surface area contributed by atoms with Gasteiger partial charge in [-0.05, 0) is 50.1 Å². The monoisotopic (exact) mass is 417 g/mol. The molecule has 5 nitrogen and oxygen atoms in total. The maximum Gasteiger partial charge on any atom is 0.258 e. The second-order valence-electron chi connectivity index (χ2n) is 6.88. The van der Waals surface area contributed by atoms with Crippen LogP contribution in [0.4, 0.5) is 0 Å². The van der Waals surface area contributed by atoms with Crippen LogP contribution in [0.5, 0.6) is 0 Å². The molecule has 0 fully saturated rings. The minimum atomic E-state index is -0.204. The molecule has 0 atom stereocenters. The molecule has 0 spiro atoms. The van der Waals surface area contributed by atoms with Crippen LogP contribution in [0.15, 0.2) is 47.3 Å². The molecule has 1 N–H and O–H groups in total. The summed E-state index contributed by atoms with van der Waals surface area (Å²) in [6, 6.07) is 12.4. The number of halogens is 2. The average Bonchev–Trinajstić information content (AvgIpc) is 2.65.